The SMILES string of the molecule is Cc1ccc(S(=O)(=O)N2C3CCCCC3O[C@H]2CC(=O)c2ccc(F)cc2)cc1. The van der Waals surface area contributed by atoms with Gasteiger partial charge in [0.25, 0.3) is 0 Å². The van der Waals surface area contributed by atoms with E-state index in [4.69, 9.17) is 4.74 Å². The number of carbonyl (C=O) groups is 1. The molecule has 154 valence electrons. The summed E-state index contributed by atoms with van der Waals surface area (Å²) in [5, 5.41) is 0. The number of ether oxygens (including phenoxy) is 1. The topological polar surface area (TPSA) is 63.7 Å². The van der Waals surface area contributed by atoms with Crippen molar-refractivity contribution in [2.45, 2.75) is 62.3 Å². The zero-order valence-corrected chi connectivity index (χ0v) is 17.1. The van der Waals surface area contributed by atoms with E-state index in [-0.39, 0.29) is 29.2 Å². The molecule has 0 spiro atoms. The zero-order valence-electron chi connectivity index (χ0n) is 16.3. The highest BCUT2D eigenvalue weighted by molar-refractivity contribution is 7.89. The molecule has 2 aromatic carbocycles. The summed E-state index contributed by atoms with van der Waals surface area (Å²) < 4.78 is 47.6. The van der Waals surface area contributed by atoms with Gasteiger partial charge in [0, 0.05) is 5.56 Å². The summed E-state index contributed by atoms with van der Waals surface area (Å²) in [6.07, 6.45) is 2.27. The molecule has 2 aliphatic rings. The average Bonchev–Trinajstić information content (AvgIpc) is 3.07. The van der Waals surface area contributed by atoms with Crippen molar-refractivity contribution in [1.29, 1.82) is 0 Å². The van der Waals surface area contributed by atoms with Crippen molar-refractivity contribution in [2.75, 3.05) is 0 Å². The van der Waals surface area contributed by atoms with Gasteiger partial charge in [0.2, 0.25) is 10.0 Å². The first-order chi connectivity index (χ1) is 13.9. The second-order valence-electron chi connectivity index (χ2n) is 7.76. The Morgan fingerprint density at radius 3 is 2.41 bits per heavy atom. The van der Waals surface area contributed by atoms with Gasteiger partial charge in [0.1, 0.15) is 12.0 Å². The van der Waals surface area contributed by atoms with Crippen molar-refractivity contribution >= 4 is 15.8 Å². The minimum absolute atomic E-state index is 0.0935. The Morgan fingerprint density at radius 2 is 1.72 bits per heavy atom. The van der Waals surface area contributed by atoms with Crippen LogP contribution in [0.4, 0.5) is 4.39 Å². The van der Waals surface area contributed by atoms with E-state index in [1.54, 1.807) is 24.3 Å². The quantitative estimate of drug-likeness (QED) is 0.688. The summed E-state index contributed by atoms with van der Waals surface area (Å²) in [6.45, 7) is 1.90. The molecule has 0 aromatic heterocycles. The molecule has 1 saturated carbocycles. The number of sulfonamides is 1. The summed E-state index contributed by atoms with van der Waals surface area (Å²) in [5.74, 6) is -0.689. The Labute approximate surface area is 170 Å². The van der Waals surface area contributed by atoms with Crippen LogP contribution >= 0.6 is 0 Å². The smallest absolute Gasteiger partial charge is 0.245 e. The number of Topliss-reactive ketones (excluding diaryl/α,β-unsaturated/α-hetero) is 1. The lowest BCUT2D eigenvalue weighted by molar-refractivity contribution is 0.0111. The van der Waals surface area contributed by atoms with E-state index in [0.29, 0.717) is 5.56 Å². The van der Waals surface area contributed by atoms with Crippen LogP contribution in [0, 0.1) is 12.7 Å². The molecule has 1 saturated heterocycles. The first kappa shape index (κ1) is 20.2. The van der Waals surface area contributed by atoms with Crippen molar-refractivity contribution in [1.82, 2.24) is 4.31 Å². The predicted octanol–water partition coefficient (Wildman–Crippen LogP) is 4.07. The Morgan fingerprint density at radius 1 is 1.07 bits per heavy atom. The van der Waals surface area contributed by atoms with E-state index in [0.717, 1.165) is 31.2 Å². The van der Waals surface area contributed by atoms with E-state index in [1.807, 2.05) is 6.92 Å². The standard InChI is InChI=1S/C22H24FNO4S/c1-15-6-12-18(13-7-15)29(26,27)24-19-4-2-3-5-21(19)28-22(24)14-20(25)16-8-10-17(23)11-9-16/h6-13,19,21-22H,2-5,14H2,1H3/t19?,21?,22-/m0/s1. The summed E-state index contributed by atoms with van der Waals surface area (Å²) in [6, 6.07) is 11.7. The Bertz CT molecular complexity index is 988. The zero-order chi connectivity index (χ0) is 20.6. The number of fused-ring (bicyclic) bond motifs is 1. The largest absolute Gasteiger partial charge is 0.357 e. The summed E-state index contributed by atoms with van der Waals surface area (Å²) in [4.78, 5) is 13.0. The van der Waals surface area contributed by atoms with Gasteiger partial charge < -0.3 is 4.74 Å². The van der Waals surface area contributed by atoms with Gasteiger partial charge >= 0.3 is 0 Å². The third-order valence-corrected chi connectivity index (χ3v) is 7.66. The molecule has 5 nitrogen and oxygen atoms in total. The number of hydrogen-bond acceptors (Lipinski definition) is 4. The van der Waals surface area contributed by atoms with Gasteiger partial charge in [-0.2, -0.15) is 4.31 Å². The molecule has 0 bridgehead atoms. The van der Waals surface area contributed by atoms with Gasteiger partial charge in [-0.25, -0.2) is 12.8 Å². The normalized spacial score (nSPS) is 25.0. The fraction of sp³-hybridized carbons (Fsp3) is 0.409. The van der Waals surface area contributed by atoms with Gasteiger partial charge in [-0.15, -0.1) is 0 Å². The predicted molar refractivity (Wildman–Crippen MR) is 106 cm³/mol. The molecular weight excluding hydrogens is 393 g/mol. The summed E-state index contributed by atoms with van der Waals surface area (Å²) in [5.41, 5.74) is 1.32. The molecule has 0 amide bonds. The highest BCUT2D eigenvalue weighted by Crippen LogP contribution is 2.39. The van der Waals surface area contributed by atoms with E-state index in [2.05, 4.69) is 0 Å². The van der Waals surface area contributed by atoms with E-state index in [1.165, 1.54) is 28.6 Å². The van der Waals surface area contributed by atoms with E-state index >= 15 is 0 Å². The van der Waals surface area contributed by atoms with Crippen LogP contribution in [0.2, 0.25) is 0 Å². The van der Waals surface area contributed by atoms with Crippen molar-refractivity contribution in [3.8, 4) is 0 Å². The molecule has 2 unspecified atom stereocenters. The minimum Gasteiger partial charge on any atom is -0.357 e. The number of aryl methyl sites for hydroxylation is 1. The maximum Gasteiger partial charge on any atom is 0.245 e. The van der Waals surface area contributed by atoms with Crippen LogP contribution in [-0.2, 0) is 14.8 Å². The van der Waals surface area contributed by atoms with Crippen LogP contribution in [0.15, 0.2) is 53.4 Å². The number of hydrogen-bond donors (Lipinski definition) is 0. The molecule has 3 atom stereocenters. The van der Waals surface area contributed by atoms with Crippen molar-refractivity contribution < 1.29 is 22.3 Å². The molecule has 7 heteroatoms. The molecule has 2 fully saturated rings. The summed E-state index contributed by atoms with van der Waals surface area (Å²) >= 11 is 0. The first-order valence-electron chi connectivity index (χ1n) is 9.91. The maximum atomic E-state index is 13.5. The fourth-order valence-corrected chi connectivity index (χ4v) is 5.97. The second kappa shape index (κ2) is 7.97. The van der Waals surface area contributed by atoms with Gasteiger partial charge in [-0.1, -0.05) is 30.5 Å². The van der Waals surface area contributed by atoms with Crippen LogP contribution in [0.3, 0.4) is 0 Å². The maximum absolute atomic E-state index is 13.5. The Hall–Kier alpha value is -2.09. The highest BCUT2D eigenvalue weighted by Gasteiger charge is 2.49. The number of nitrogens with zero attached hydrogens (tertiary/aromatic N) is 1. The van der Waals surface area contributed by atoms with Crippen LogP contribution < -0.4 is 0 Å². The Kier molecular flexibility index (Phi) is 5.55. The number of halogens is 1. The van der Waals surface area contributed by atoms with Crippen molar-refractivity contribution in [3.05, 3.63) is 65.5 Å². The molecule has 4 rings (SSSR count). The van der Waals surface area contributed by atoms with E-state index in [9.17, 15) is 17.6 Å². The summed E-state index contributed by atoms with van der Waals surface area (Å²) in [7, 11) is -3.81. The number of benzene rings is 2. The fourth-order valence-electron chi connectivity index (χ4n) is 4.22. The van der Waals surface area contributed by atoms with Gasteiger partial charge in [-0.3, -0.25) is 4.79 Å². The number of ketones is 1. The number of rotatable bonds is 5. The molecule has 2 aromatic rings. The lowest BCUT2D eigenvalue weighted by Gasteiger charge is -2.30. The lowest BCUT2D eigenvalue weighted by atomic mass is 9.93. The third-order valence-electron chi connectivity index (χ3n) is 5.73. The number of carbonyl (C=O) groups excluding carboxylic acids is 1. The van der Waals surface area contributed by atoms with E-state index < -0.39 is 22.1 Å². The molecule has 1 aliphatic heterocycles. The average molecular weight is 418 g/mol. The molecule has 1 heterocycles. The van der Waals surface area contributed by atoms with Crippen LogP contribution in [0.5, 0.6) is 0 Å². The molecule has 1 aliphatic carbocycles. The van der Waals surface area contributed by atoms with Gasteiger partial charge in [0.05, 0.1) is 23.5 Å². The highest BCUT2D eigenvalue weighted by atomic mass is 32.2. The van der Waals surface area contributed by atoms with Crippen molar-refractivity contribution in [2.24, 2.45) is 0 Å². The monoisotopic (exact) mass is 417 g/mol. The first-order valence-corrected chi connectivity index (χ1v) is 11.3. The molecule has 0 radical (unpaired) electrons. The second-order valence-corrected chi connectivity index (χ2v) is 9.61. The third kappa shape index (κ3) is 3.99. The molecule has 0 N–H and O–H groups in total. The van der Waals surface area contributed by atoms with Gasteiger partial charge in [0.15, 0.2) is 5.78 Å². The van der Waals surface area contributed by atoms with Gasteiger partial charge in [-0.05, 0) is 56.2 Å². The van der Waals surface area contributed by atoms with Crippen molar-refractivity contribution in [3.63, 3.8) is 0 Å². The molecule has 29 heavy (non-hydrogen) atoms. The lowest BCUT2D eigenvalue weighted by Crippen LogP contribution is -2.44. The van der Waals surface area contributed by atoms with Crippen LogP contribution in [0.25, 0.3) is 0 Å². The molecular formula is C22H24FNO4S. The van der Waals surface area contributed by atoms with Crippen LogP contribution in [0.1, 0.15) is 48.0 Å². The van der Waals surface area contributed by atoms with Crippen LogP contribution in [-0.4, -0.2) is 36.9 Å². The Balaban J connectivity index is 1.65. The minimum atomic E-state index is -3.81.